The van der Waals surface area contributed by atoms with E-state index in [4.69, 9.17) is 4.74 Å². The van der Waals surface area contributed by atoms with Crippen molar-refractivity contribution in [3.8, 4) is 5.75 Å². The number of aryl methyl sites for hydroxylation is 2. The van der Waals surface area contributed by atoms with Gasteiger partial charge in [0, 0.05) is 5.56 Å². The van der Waals surface area contributed by atoms with Crippen LogP contribution in [-0.4, -0.2) is 12.4 Å². The van der Waals surface area contributed by atoms with Gasteiger partial charge >= 0.3 is 0 Å². The molecule has 0 fully saturated rings. The number of benzene rings is 1. The zero-order chi connectivity index (χ0) is 13.2. The van der Waals surface area contributed by atoms with Crippen molar-refractivity contribution in [2.75, 3.05) is 6.61 Å². The van der Waals surface area contributed by atoms with Crippen LogP contribution in [0.1, 0.15) is 39.2 Å². The maximum absolute atomic E-state index is 12.4. The molecule has 0 radical (unpaired) electrons. The monoisotopic (exact) mass is 272 g/mol. The first-order valence-corrected chi connectivity index (χ1v) is 7.48. The maximum atomic E-state index is 12.4. The van der Waals surface area contributed by atoms with E-state index in [0.29, 0.717) is 0 Å². The second-order valence-corrected chi connectivity index (χ2v) is 5.84. The van der Waals surface area contributed by atoms with Crippen LogP contribution >= 0.6 is 11.3 Å². The molecular formula is C16H16O2S. The summed E-state index contributed by atoms with van der Waals surface area (Å²) in [4.78, 5) is 13.2. The molecule has 2 heterocycles. The summed E-state index contributed by atoms with van der Waals surface area (Å²) in [6, 6.07) is 7.75. The first-order chi connectivity index (χ1) is 9.25. The van der Waals surface area contributed by atoms with Gasteiger partial charge in [-0.15, -0.1) is 11.3 Å². The number of fused-ring (bicyclic) bond motifs is 1. The molecule has 2 nitrogen and oxygen atoms in total. The van der Waals surface area contributed by atoms with Crippen molar-refractivity contribution >= 4 is 17.1 Å². The number of carbonyl (C=O) groups is 1. The van der Waals surface area contributed by atoms with E-state index >= 15 is 0 Å². The quantitative estimate of drug-likeness (QED) is 0.772. The largest absolute Gasteiger partial charge is 0.493 e. The standard InChI is InChI=1S/C16H16O2S/c1-11-9-13(15(17)14-6-4-8-19-14)10-12-5-2-3-7-18-16(11)12/h4,6,8-10H,2-3,5,7H2,1H3. The fraction of sp³-hybridized carbons (Fsp3) is 0.312. The number of carbonyl (C=O) groups excluding carboxylic acids is 1. The summed E-state index contributed by atoms with van der Waals surface area (Å²) < 4.78 is 5.80. The lowest BCUT2D eigenvalue weighted by Crippen LogP contribution is -2.03. The molecule has 2 aromatic rings. The van der Waals surface area contributed by atoms with Gasteiger partial charge in [-0.2, -0.15) is 0 Å². The fourth-order valence-corrected chi connectivity index (χ4v) is 3.20. The fourth-order valence-electron chi connectivity index (χ4n) is 2.51. The Labute approximate surface area is 117 Å². The highest BCUT2D eigenvalue weighted by molar-refractivity contribution is 7.12. The normalized spacial score (nSPS) is 14.4. The summed E-state index contributed by atoms with van der Waals surface area (Å²) in [5.74, 6) is 1.10. The summed E-state index contributed by atoms with van der Waals surface area (Å²) in [6.07, 6.45) is 3.22. The summed E-state index contributed by atoms with van der Waals surface area (Å²) in [5.41, 5.74) is 3.03. The molecule has 1 aliphatic rings. The topological polar surface area (TPSA) is 26.3 Å². The Morgan fingerprint density at radius 3 is 3.00 bits per heavy atom. The minimum Gasteiger partial charge on any atom is -0.493 e. The Morgan fingerprint density at radius 2 is 2.21 bits per heavy atom. The molecule has 19 heavy (non-hydrogen) atoms. The summed E-state index contributed by atoms with van der Waals surface area (Å²) in [6.45, 7) is 2.81. The molecule has 1 aromatic heterocycles. The van der Waals surface area contributed by atoms with E-state index in [9.17, 15) is 4.79 Å². The van der Waals surface area contributed by atoms with Crippen LogP contribution in [-0.2, 0) is 6.42 Å². The molecule has 0 amide bonds. The van der Waals surface area contributed by atoms with Crippen molar-refractivity contribution in [3.05, 3.63) is 51.2 Å². The smallest absolute Gasteiger partial charge is 0.202 e. The van der Waals surface area contributed by atoms with Gasteiger partial charge in [0.15, 0.2) is 0 Å². The number of ketones is 1. The third kappa shape index (κ3) is 2.43. The Kier molecular flexibility index (Phi) is 3.38. The van der Waals surface area contributed by atoms with Crippen LogP contribution < -0.4 is 4.74 Å². The lowest BCUT2D eigenvalue weighted by molar-refractivity contribution is 0.104. The van der Waals surface area contributed by atoms with Crippen LogP contribution in [0.4, 0.5) is 0 Å². The zero-order valence-electron chi connectivity index (χ0n) is 10.9. The molecule has 98 valence electrons. The Bertz CT molecular complexity index is 599. The predicted molar refractivity (Wildman–Crippen MR) is 77.4 cm³/mol. The molecule has 1 aliphatic heterocycles. The third-order valence-corrected chi connectivity index (χ3v) is 4.31. The van der Waals surface area contributed by atoms with Crippen molar-refractivity contribution in [2.24, 2.45) is 0 Å². The molecule has 0 spiro atoms. The van der Waals surface area contributed by atoms with Gasteiger partial charge in [0.25, 0.3) is 0 Å². The average molecular weight is 272 g/mol. The molecule has 3 rings (SSSR count). The van der Waals surface area contributed by atoms with Crippen LogP contribution in [0.5, 0.6) is 5.75 Å². The molecule has 0 saturated carbocycles. The van der Waals surface area contributed by atoms with E-state index in [0.717, 1.165) is 47.6 Å². The SMILES string of the molecule is Cc1cc(C(=O)c2cccs2)cc2c1OCCCC2. The predicted octanol–water partition coefficient (Wildman–Crippen LogP) is 4.00. The van der Waals surface area contributed by atoms with Crippen molar-refractivity contribution in [3.63, 3.8) is 0 Å². The molecule has 0 atom stereocenters. The van der Waals surface area contributed by atoms with Crippen molar-refractivity contribution in [1.82, 2.24) is 0 Å². The van der Waals surface area contributed by atoms with Crippen LogP contribution in [0.25, 0.3) is 0 Å². The van der Waals surface area contributed by atoms with Crippen LogP contribution in [0, 0.1) is 6.92 Å². The van der Waals surface area contributed by atoms with Crippen LogP contribution in [0.2, 0.25) is 0 Å². The second kappa shape index (κ2) is 5.17. The van der Waals surface area contributed by atoms with Gasteiger partial charge in [0.05, 0.1) is 11.5 Å². The van der Waals surface area contributed by atoms with Crippen LogP contribution in [0.15, 0.2) is 29.6 Å². The number of hydrogen-bond acceptors (Lipinski definition) is 3. The van der Waals surface area contributed by atoms with Gasteiger partial charge in [-0.1, -0.05) is 6.07 Å². The van der Waals surface area contributed by atoms with E-state index in [1.807, 2.05) is 36.6 Å². The Morgan fingerprint density at radius 1 is 1.32 bits per heavy atom. The van der Waals surface area contributed by atoms with E-state index < -0.39 is 0 Å². The second-order valence-electron chi connectivity index (χ2n) is 4.89. The number of hydrogen-bond donors (Lipinski definition) is 0. The highest BCUT2D eigenvalue weighted by atomic mass is 32.1. The van der Waals surface area contributed by atoms with Gasteiger partial charge in [0.1, 0.15) is 5.75 Å². The number of ether oxygens (including phenoxy) is 1. The molecular weight excluding hydrogens is 256 g/mol. The highest BCUT2D eigenvalue weighted by Crippen LogP contribution is 2.30. The van der Waals surface area contributed by atoms with E-state index in [2.05, 4.69) is 0 Å². The van der Waals surface area contributed by atoms with E-state index in [-0.39, 0.29) is 5.78 Å². The number of thiophene rings is 1. The highest BCUT2D eigenvalue weighted by Gasteiger charge is 2.17. The average Bonchev–Trinajstić information content (AvgIpc) is 2.83. The minimum absolute atomic E-state index is 0.116. The van der Waals surface area contributed by atoms with E-state index in [1.54, 1.807) is 0 Å². The molecule has 0 N–H and O–H groups in total. The van der Waals surface area contributed by atoms with E-state index in [1.165, 1.54) is 16.9 Å². The van der Waals surface area contributed by atoms with Crippen molar-refractivity contribution < 1.29 is 9.53 Å². The molecule has 3 heteroatoms. The van der Waals surface area contributed by atoms with Gasteiger partial charge in [-0.25, -0.2) is 0 Å². The molecule has 0 unspecified atom stereocenters. The first kappa shape index (κ1) is 12.4. The molecule has 0 aliphatic carbocycles. The lowest BCUT2D eigenvalue weighted by atomic mass is 9.98. The summed E-state index contributed by atoms with van der Waals surface area (Å²) >= 11 is 1.49. The van der Waals surface area contributed by atoms with Gasteiger partial charge in [-0.05, 0) is 60.9 Å². The third-order valence-electron chi connectivity index (χ3n) is 3.45. The molecule has 0 saturated heterocycles. The Balaban J connectivity index is 2.02. The minimum atomic E-state index is 0.116. The summed E-state index contributed by atoms with van der Waals surface area (Å²) in [7, 11) is 0. The number of rotatable bonds is 2. The van der Waals surface area contributed by atoms with Crippen molar-refractivity contribution in [1.29, 1.82) is 0 Å². The van der Waals surface area contributed by atoms with Crippen LogP contribution in [0.3, 0.4) is 0 Å². The summed E-state index contributed by atoms with van der Waals surface area (Å²) in [5, 5.41) is 1.94. The Hall–Kier alpha value is -1.61. The maximum Gasteiger partial charge on any atom is 0.202 e. The van der Waals surface area contributed by atoms with Crippen molar-refractivity contribution in [2.45, 2.75) is 26.2 Å². The van der Waals surface area contributed by atoms with Gasteiger partial charge < -0.3 is 4.74 Å². The molecule has 0 bridgehead atoms. The van der Waals surface area contributed by atoms with Gasteiger partial charge in [-0.3, -0.25) is 4.79 Å². The first-order valence-electron chi connectivity index (χ1n) is 6.60. The molecule has 1 aromatic carbocycles. The lowest BCUT2D eigenvalue weighted by Gasteiger charge is -2.12. The zero-order valence-corrected chi connectivity index (χ0v) is 11.8. The van der Waals surface area contributed by atoms with Gasteiger partial charge in [0.2, 0.25) is 5.78 Å².